The molecule has 0 spiro atoms. The van der Waals surface area contributed by atoms with Crippen LogP contribution in [0.2, 0.25) is 0 Å². The molecule has 0 amide bonds. The van der Waals surface area contributed by atoms with E-state index in [0.29, 0.717) is 5.41 Å². The van der Waals surface area contributed by atoms with Crippen LogP contribution in [0.25, 0.3) is 22.3 Å². The number of hydrogen-bond donors (Lipinski definition) is 1. The summed E-state index contributed by atoms with van der Waals surface area (Å²) in [4.78, 5) is 0. The summed E-state index contributed by atoms with van der Waals surface area (Å²) in [5.74, 6) is 5.48. The first-order valence-corrected chi connectivity index (χ1v) is 19.6. The van der Waals surface area contributed by atoms with Gasteiger partial charge >= 0.3 is 0 Å². The highest BCUT2D eigenvalue weighted by atomic mass is 79.9. The van der Waals surface area contributed by atoms with Crippen molar-refractivity contribution in [3.8, 4) is 22.3 Å². The van der Waals surface area contributed by atoms with Crippen LogP contribution in [0, 0.1) is 35.5 Å². The van der Waals surface area contributed by atoms with Crippen molar-refractivity contribution in [3.05, 3.63) is 117 Å². The fourth-order valence-corrected chi connectivity index (χ4v) is 14.2. The van der Waals surface area contributed by atoms with Crippen LogP contribution in [-0.4, -0.2) is 5.11 Å². The van der Waals surface area contributed by atoms with E-state index >= 15 is 0 Å². The lowest BCUT2D eigenvalue weighted by molar-refractivity contribution is -0.00541. The van der Waals surface area contributed by atoms with Crippen LogP contribution in [0.5, 0.6) is 0 Å². The zero-order valence-corrected chi connectivity index (χ0v) is 28.9. The number of halogens is 1. The average molecular weight is 682 g/mol. The van der Waals surface area contributed by atoms with Gasteiger partial charge in [-0.2, -0.15) is 0 Å². The van der Waals surface area contributed by atoms with E-state index < -0.39 is 5.60 Å². The lowest BCUT2D eigenvalue weighted by Crippen LogP contribution is -2.48. The van der Waals surface area contributed by atoms with Gasteiger partial charge in [-0.05, 0) is 169 Å². The molecule has 1 nitrogen and oxygen atoms in total. The van der Waals surface area contributed by atoms with Gasteiger partial charge in [0.2, 0.25) is 0 Å². The van der Waals surface area contributed by atoms with E-state index in [9.17, 15) is 5.11 Å². The Kier molecular flexibility index (Phi) is 5.83. The number of aliphatic hydroxyl groups is 1. The Hall–Kier alpha value is -2.68. The Morgan fingerprint density at radius 2 is 0.936 bits per heavy atom. The van der Waals surface area contributed by atoms with Gasteiger partial charge in [-0.1, -0.05) is 88.7 Å². The Labute approximate surface area is 288 Å². The van der Waals surface area contributed by atoms with Crippen molar-refractivity contribution in [2.24, 2.45) is 35.5 Å². The number of rotatable bonds is 4. The molecule has 8 bridgehead atoms. The van der Waals surface area contributed by atoms with Gasteiger partial charge in [-0.3, -0.25) is 0 Å². The first-order chi connectivity index (χ1) is 22.9. The molecule has 1 unspecified atom stereocenters. The standard InChI is InChI=1S/C45H45BrO/c46-36-10-12-39-38-3-1-2-4-40(38)45(47,42(39)20-36)41-19-35(44-24-30-16-31(25-44)18-32(17-30)26-44)9-11-37(41)33-5-7-34(8-6-33)43-21-27-13-28(22-43)15-29(14-27)23-43/h1-12,19-20,27-32,47H,13-18,21-26H2. The molecule has 4 aromatic rings. The van der Waals surface area contributed by atoms with Gasteiger partial charge in [0.15, 0.2) is 0 Å². The van der Waals surface area contributed by atoms with Gasteiger partial charge in [0.05, 0.1) is 0 Å². The van der Waals surface area contributed by atoms with E-state index in [1.54, 1.807) is 5.56 Å². The highest BCUT2D eigenvalue weighted by Gasteiger charge is 2.54. The van der Waals surface area contributed by atoms with E-state index in [4.69, 9.17) is 0 Å². The second-order valence-corrected chi connectivity index (χ2v) is 18.6. The molecule has 47 heavy (non-hydrogen) atoms. The van der Waals surface area contributed by atoms with Gasteiger partial charge in [-0.25, -0.2) is 0 Å². The molecule has 1 atom stereocenters. The van der Waals surface area contributed by atoms with Crippen LogP contribution in [-0.2, 0) is 16.4 Å². The second kappa shape index (κ2) is 9.72. The molecule has 0 aliphatic heterocycles. The van der Waals surface area contributed by atoms with Crippen LogP contribution < -0.4 is 0 Å². The molecule has 2 heteroatoms. The Morgan fingerprint density at radius 1 is 0.468 bits per heavy atom. The lowest BCUT2D eigenvalue weighted by Gasteiger charge is -2.57. The molecule has 1 N–H and O–H groups in total. The molecule has 8 fully saturated rings. The molecule has 13 rings (SSSR count). The minimum Gasteiger partial charge on any atom is -0.376 e. The van der Waals surface area contributed by atoms with Crippen molar-refractivity contribution in [2.75, 3.05) is 0 Å². The zero-order chi connectivity index (χ0) is 31.1. The minimum absolute atomic E-state index is 0.263. The molecule has 0 radical (unpaired) electrons. The first-order valence-electron chi connectivity index (χ1n) is 18.8. The highest BCUT2D eigenvalue weighted by molar-refractivity contribution is 9.10. The predicted octanol–water partition coefficient (Wildman–Crippen LogP) is 11.3. The molecule has 0 saturated heterocycles. The van der Waals surface area contributed by atoms with E-state index in [0.717, 1.165) is 67.8 Å². The molecule has 9 aliphatic rings. The summed E-state index contributed by atoms with van der Waals surface area (Å²) in [6.07, 6.45) is 16.9. The third-order valence-electron chi connectivity index (χ3n) is 14.9. The third-order valence-corrected chi connectivity index (χ3v) is 15.4. The van der Waals surface area contributed by atoms with Crippen molar-refractivity contribution in [2.45, 2.75) is 93.5 Å². The summed E-state index contributed by atoms with van der Waals surface area (Å²) in [5.41, 5.74) is 10.3. The molecule has 0 heterocycles. The van der Waals surface area contributed by atoms with Crippen LogP contribution in [0.15, 0.2) is 89.4 Å². The SMILES string of the molecule is OC1(c2cc(C34CC5CC(CC(C5)C3)C4)ccc2-c2ccc(C34CC5CC(CC(C5)C3)C4)cc2)c2ccccc2-c2ccc(Br)cc21. The van der Waals surface area contributed by atoms with E-state index in [1.165, 1.54) is 93.7 Å². The topological polar surface area (TPSA) is 20.2 Å². The van der Waals surface area contributed by atoms with Crippen molar-refractivity contribution in [1.82, 2.24) is 0 Å². The Morgan fingerprint density at radius 3 is 1.53 bits per heavy atom. The third kappa shape index (κ3) is 3.98. The molecule has 9 aliphatic carbocycles. The second-order valence-electron chi connectivity index (χ2n) is 17.7. The maximum Gasteiger partial charge on any atom is 0.142 e. The lowest BCUT2D eigenvalue weighted by atomic mass is 9.48. The summed E-state index contributed by atoms with van der Waals surface area (Å²) in [5, 5.41) is 13.4. The zero-order valence-electron chi connectivity index (χ0n) is 27.4. The Balaban J connectivity index is 1.08. The van der Waals surface area contributed by atoms with Gasteiger partial charge < -0.3 is 5.11 Å². The number of fused-ring (bicyclic) bond motifs is 3. The molecular weight excluding hydrogens is 636 g/mol. The van der Waals surface area contributed by atoms with Gasteiger partial charge in [0, 0.05) is 21.2 Å². The maximum atomic E-state index is 13.4. The first kappa shape index (κ1) is 28.2. The fraction of sp³-hybridized carbons (Fsp3) is 0.467. The minimum atomic E-state index is -1.22. The summed E-state index contributed by atoms with van der Waals surface area (Å²) in [6, 6.07) is 32.2. The maximum absolute atomic E-state index is 13.4. The molecular formula is C45H45BrO. The van der Waals surface area contributed by atoms with Crippen molar-refractivity contribution in [1.29, 1.82) is 0 Å². The van der Waals surface area contributed by atoms with Gasteiger partial charge in [0.1, 0.15) is 5.60 Å². The summed E-state index contributed by atoms with van der Waals surface area (Å²) in [7, 11) is 0. The smallest absolute Gasteiger partial charge is 0.142 e. The van der Waals surface area contributed by atoms with Crippen LogP contribution >= 0.6 is 15.9 Å². The number of benzene rings is 4. The van der Waals surface area contributed by atoms with Crippen molar-refractivity contribution in [3.63, 3.8) is 0 Å². The van der Waals surface area contributed by atoms with E-state index in [-0.39, 0.29) is 5.41 Å². The average Bonchev–Trinajstić information content (AvgIpc) is 3.31. The largest absolute Gasteiger partial charge is 0.376 e. The van der Waals surface area contributed by atoms with Gasteiger partial charge in [-0.15, -0.1) is 0 Å². The molecule has 0 aromatic heterocycles. The quantitative estimate of drug-likeness (QED) is 0.227. The molecule has 4 aromatic carbocycles. The summed E-state index contributed by atoms with van der Waals surface area (Å²) < 4.78 is 1.01. The van der Waals surface area contributed by atoms with Crippen molar-refractivity contribution < 1.29 is 5.11 Å². The Bertz CT molecular complexity index is 1860. The molecule has 238 valence electrons. The summed E-state index contributed by atoms with van der Waals surface area (Å²) in [6.45, 7) is 0. The normalized spacial score (nSPS) is 38.5. The van der Waals surface area contributed by atoms with Crippen LogP contribution in [0.1, 0.15) is 105 Å². The van der Waals surface area contributed by atoms with Gasteiger partial charge in [0.25, 0.3) is 0 Å². The van der Waals surface area contributed by atoms with Crippen LogP contribution in [0.4, 0.5) is 0 Å². The van der Waals surface area contributed by atoms with Crippen LogP contribution in [0.3, 0.4) is 0 Å². The molecule has 8 saturated carbocycles. The van der Waals surface area contributed by atoms with Crippen molar-refractivity contribution >= 4 is 15.9 Å². The monoisotopic (exact) mass is 680 g/mol. The number of hydrogen-bond acceptors (Lipinski definition) is 1. The fourth-order valence-electron chi connectivity index (χ4n) is 13.9. The van der Waals surface area contributed by atoms with E-state index in [2.05, 4.69) is 101 Å². The predicted molar refractivity (Wildman–Crippen MR) is 193 cm³/mol. The highest BCUT2D eigenvalue weighted by Crippen LogP contribution is 2.63. The van der Waals surface area contributed by atoms with E-state index in [1.807, 2.05) is 0 Å². The summed E-state index contributed by atoms with van der Waals surface area (Å²) >= 11 is 3.78.